The van der Waals surface area contributed by atoms with Crippen LogP contribution in [0.4, 0.5) is 0 Å². The van der Waals surface area contributed by atoms with Crippen molar-refractivity contribution >= 4 is 10.0 Å². The van der Waals surface area contributed by atoms with Crippen molar-refractivity contribution in [2.75, 3.05) is 13.2 Å². The molecule has 5 nitrogen and oxygen atoms in total. The first-order chi connectivity index (χ1) is 11.6. The highest BCUT2D eigenvalue weighted by atomic mass is 32.2. The molecule has 1 atom stereocenters. The first-order valence-electron chi connectivity index (χ1n) is 8.13. The minimum Gasteiger partial charge on any atom is -0.381 e. The first kappa shape index (κ1) is 17.1. The molecule has 24 heavy (non-hydrogen) atoms. The Kier molecular flexibility index (Phi) is 5.28. The van der Waals surface area contributed by atoms with E-state index in [1.165, 1.54) is 0 Å². The third-order valence-electron chi connectivity index (χ3n) is 4.39. The molecular formula is C18H22N2O3S. The lowest BCUT2D eigenvalue weighted by Crippen LogP contribution is -2.36. The summed E-state index contributed by atoms with van der Waals surface area (Å²) in [6.07, 6.45) is 5.09. The summed E-state index contributed by atoms with van der Waals surface area (Å²) < 4.78 is 33.9. The third-order valence-corrected chi connectivity index (χ3v) is 5.85. The number of hydrogen-bond acceptors (Lipinski definition) is 4. The van der Waals surface area contributed by atoms with Crippen LogP contribution in [-0.4, -0.2) is 26.6 Å². The van der Waals surface area contributed by atoms with Crippen LogP contribution < -0.4 is 4.72 Å². The second-order valence-corrected chi connectivity index (χ2v) is 7.86. The highest BCUT2D eigenvalue weighted by Crippen LogP contribution is 2.31. The molecule has 1 saturated heterocycles. The predicted molar refractivity (Wildman–Crippen MR) is 92.0 cm³/mol. The Morgan fingerprint density at radius 2 is 1.88 bits per heavy atom. The van der Waals surface area contributed by atoms with Gasteiger partial charge in [0.05, 0.1) is 10.9 Å². The summed E-state index contributed by atoms with van der Waals surface area (Å²) in [7, 11) is -3.59. The summed E-state index contributed by atoms with van der Waals surface area (Å²) in [4.78, 5) is 4.43. The summed E-state index contributed by atoms with van der Waals surface area (Å²) in [5, 5.41) is 0. The van der Waals surface area contributed by atoms with Gasteiger partial charge in [-0.25, -0.2) is 13.1 Å². The van der Waals surface area contributed by atoms with Gasteiger partial charge in [0.15, 0.2) is 0 Å². The predicted octanol–water partition coefficient (Wildman–Crippen LogP) is 2.84. The van der Waals surface area contributed by atoms with Gasteiger partial charge in [-0.1, -0.05) is 23.8 Å². The summed E-state index contributed by atoms with van der Waals surface area (Å²) in [6, 6.07) is 10.4. The zero-order valence-electron chi connectivity index (χ0n) is 13.7. The lowest BCUT2D eigenvalue weighted by molar-refractivity contribution is 0.0564. The van der Waals surface area contributed by atoms with Crippen LogP contribution in [0, 0.1) is 12.8 Å². The number of hydrogen-bond donors (Lipinski definition) is 1. The number of ether oxygens (including phenoxy) is 1. The van der Waals surface area contributed by atoms with Crippen LogP contribution in [0.25, 0.3) is 0 Å². The molecule has 1 fully saturated rings. The summed E-state index contributed by atoms with van der Waals surface area (Å²) >= 11 is 0. The monoisotopic (exact) mass is 346 g/mol. The molecule has 1 N–H and O–H groups in total. The molecule has 0 spiro atoms. The molecule has 0 radical (unpaired) electrons. The van der Waals surface area contributed by atoms with Crippen molar-refractivity contribution in [1.82, 2.24) is 9.71 Å². The van der Waals surface area contributed by atoms with Crippen molar-refractivity contribution in [1.29, 1.82) is 0 Å². The van der Waals surface area contributed by atoms with E-state index >= 15 is 0 Å². The van der Waals surface area contributed by atoms with Gasteiger partial charge in [-0.2, -0.15) is 0 Å². The van der Waals surface area contributed by atoms with Gasteiger partial charge in [-0.3, -0.25) is 4.98 Å². The number of aromatic nitrogens is 1. The van der Waals surface area contributed by atoms with E-state index in [2.05, 4.69) is 9.71 Å². The molecule has 2 heterocycles. The second kappa shape index (κ2) is 7.42. The summed E-state index contributed by atoms with van der Waals surface area (Å²) in [5.74, 6) is 0.197. The molecule has 3 rings (SSSR count). The average Bonchev–Trinajstić information content (AvgIpc) is 2.62. The van der Waals surface area contributed by atoms with Crippen LogP contribution in [0.1, 0.15) is 30.0 Å². The molecule has 1 aromatic heterocycles. The van der Waals surface area contributed by atoms with Crippen molar-refractivity contribution in [3.05, 3.63) is 59.9 Å². The molecule has 0 aliphatic carbocycles. The third kappa shape index (κ3) is 4.01. The fourth-order valence-electron chi connectivity index (χ4n) is 3.00. The van der Waals surface area contributed by atoms with Crippen LogP contribution in [0.15, 0.2) is 53.7 Å². The minimum absolute atomic E-state index is 0.197. The number of nitrogens with zero attached hydrogens (tertiary/aromatic N) is 1. The Labute approximate surface area is 143 Å². The van der Waals surface area contributed by atoms with Crippen LogP contribution in [0.3, 0.4) is 0 Å². The molecule has 0 saturated carbocycles. The summed E-state index contributed by atoms with van der Waals surface area (Å²) in [6.45, 7) is 3.26. The van der Waals surface area contributed by atoms with Gasteiger partial charge >= 0.3 is 0 Å². The van der Waals surface area contributed by atoms with E-state index in [1.807, 2.05) is 31.2 Å². The van der Waals surface area contributed by atoms with Crippen LogP contribution in [0.2, 0.25) is 0 Å². The van der Waals surface area contributed by atoms with Crippen molar-refractivity contribution in [3.63, 3.8) is 0 Å². The van der Waals surface area contributed by atoms with E-state index in [0.717, 1.165) is 24.0 Å². The highest BCUT2D eigenvalue weighted by molar-refractivity contribution is 7.89. The van der Waals surface area contributed by atoms with Crippen LogP contribution in [0.5, 0.6) is 0 Å². The maximum atomic E-state index is 12.8. The lowest BCUT2D eigenvalue weighted by atomic mass is 9.88. The van der Waals surface area contributed by atoms with Crippen molar-refractivity contribution in [2.45, 2.75) is 30.7 Å². The number of sulfonamides is 1. The Morgan fingerprint density at radius 1 is 1.17 bits per heavy atom. The number of rotatable bonds is 5. The van der Waals surface area contributed by atoms with E-state index in [9.17, 15) is 8.42 Å². The molecule has 2 aromatic rings. The fraction of sp³-hybridized carbons (Fsp3) is 0.389. The minimum atomic E-state index is -3.59. The van der Waals surface area contributed by atoms with Crippen molar-refractivity contribution in [2.24, 2.45) is 5.92 Å². The largest absolute Gasteiger partial charge is 0.381 e. The SMILES string of the molecule is Cc1ccc(S(=O)(=O)NC(c2cccnc2)C2CCOCC2)cc1. The Bertz CT molecular complexity index is 755. The Balaban J connectivity index is 1.89. The molecule has 128 valence electrons. The van der Waals surface area contributed by atoms with Crippen molar-refractivity contribution < 1.29 is 13.2 Å². The smallest absolute Gasteiger partial charge is 0.241 e. The Morgan fingerprint density at radius 3 is 2.50 bits per heavy atom. The van der Waals surface area contributed by atoms with Gasteiger partial charge < -0.3 is 4.74 Å². The van der Waals surface area contributed by atoms with Crippen molar-refractivity contribution in [3.8, 4) is 0 Å². The highest BCUT2D eigenvalue weighted by Gasteiger charge is 2.30. The van der Waals surface area contributed by atoms with Gasteiger partial charge in [0.2, 0.25) is 10.0 Å². The second-order valence-electron chi connectivity index (χ2n) is 6.15. The molecule has 6 heteroatoms. The molecule has 0 bridgehead atoms. The molecule has 1 aliphatic heterocycles. The quantitative estimate of drug-likeness (QED) is 0.904. The molecule has 1 aliphatic rings. The summed E-state index contributed by atoms with van der Waals surface area (Å²) in [5.41, 5.74) is 1.92. The molecule has 0 amide bonds. The van der Waals surface area contributed by atoms with Crippen LogP contribution in [-0.2, 0) is 14.8 Å². The zero-order valence-corrected chi connectivity index (χ0v) is 14.5. The van der Waals surface area contributed by atoms with Gasteiger partial charge in [0.25, 0.3) is 0 Å². The number of pyridine rings is 1. The maximum Gasteiger partial charge on any atom is 0.241 e. The number of nitrogens with one attached hydrogen (secondary N) is 1. The molecule has 1 unspecified atom stereocenters. The van der Waals surface area contributed by atoms with E-state index in [0.29, 0.717) is 13.2 Å². The first-order valence-corrected chi connectivity index (χ1v) is 9.61. The Hall–Kier alpha value is -1.76. The molecule has 1 aromatic carbocycles. The van der Waals surface area contributed by atoms with E-state index < -0.39 is 10.0 Å². The van der Waals surface area contributed by atoms with Gasteiger partial charge in [-0.15, -0.1) is 0 Å². The van der Waals surface area contributed by atoms with E-state index in [4.69, 9.17) is 4.74 Å². The zero-order chi connectivity index (χ0) is 17.0. The van der Waals surface area contributed by atoms with Gasteiger partial charge in [0, 0.05) is 25.6 Å². The van der Waals surface area contributed by atoms with Gasteiger partial charge in [-0.05, 0) is 49.4 Å². The lowest BCUT2D eigenvalue weighted by Gasteiger charge is -2.31. The van der Waals surface area contributed by atoms with Gasteiger partial charge in [0.1, 0.15) is 0 Å². The van der Waals surface area contributed by atoms with E-state index in [1.54, 1.807) is 24.5 Å². The topological polar surface area (TPSA) is 68.3 Å². The maximum absolute atomic E-state index is 12.8. The normalized spacial score (nSPS) is 17.5. The van der Waals surface area contributed by atoms with E-state index in [-0.39, 0.29) is 16.9 Å². The average molecular weight is 346 g/mol. The standard InChI is InChI=1S/C18H22N2O3S/c1-14-4-6-17(7-5-14)24(21,22)20-18(15-8-11-23-12-9-15)16-3-2-10-19-13-16/h2-7,10,13,15,18,20H,8-9,11-12H2,1H3. The van der Waals surface area contributed by atoms with Crippen LogP contribution >= 0.6 is 0 Å². The number of benzene rings is 1. The molecular weight excluding hydrogens is 324 g/mol. The fourth-order valence-corrected chi connectivity index (χ4v) is 4.29. The number of aryl methyl sites for hydroxylation is 1.